The Morgan fingerprint density at radius 2 is 2.00 bits per heavy atom. The summed E-state index contributed by atoms with van der Waals surface area (Å²) in [6.07, 6.45) is 2.02. The van der Waals surface area contributed by atoms with Gasteiger partial charge in [-0.25, -0.2) is 9.78 Å². The van der Waals surface area contributed by atoms with Crippen molar-refractivity contribution in [1.82, 2.24) is 9.88 Å². The van der Waals surface area contributed by atoms with Crippen LogP contribution in [0.15, 0.2) is 17.5 Å². The average molecular weight is 388 g/mol. The van der Waals surface area contributed by atoms with Gasteiger partial charge in [-0.05, 0) is 56.9 Å². The third-order valence-corrected chi connectivity index (χ3v) is 5.87. The molecule has 2 aromatic rings. The molecule has 1 N–H and O–H groups in total. The van der Waals surface area contributed by atoms with Crippen molar-refractivity contribution in [2.75, 3.05) is 19.7 Å². The molecule has 1 aromatic heterocycles. The number of piperidine rings is 1. The lowest BCUT2D eigenvalue weighted by atomic mass is 9.97. The number of carboxylic acid groups (broad SMARTS) is 1. The second-order valence-electron chi connectivity index (χ2n) is 7.04. The van der Waals surface area contributed by atoms with Crippen molar-refractivity contribution in [2.45, 2.75) is 39.5 Å². The lowest BCUT2D eigenvalue weighted by Gasteiger charge is -2.32. The lowest BCUT2D eigenvalue weighted by molar-refractivity contribution is -0.139. The molecule has 0 saturated carbocycles. The number of carboxylic acids is 1. The molecule has 0 radical (unpaired) electrons. The van der Waals surface area contributed by atoms with E-state index >= 15 is 0 Å². The number of rotatable bonds is 5. The van der Waals surface area contributed by atoms with Crippen LogP contribution >= 0.6 is 11.3 Å². The van der Waals surface area contributed by atoms with Crippen LogP contribution in [0, 0.1) is 20.8 Å². The fourth-order valence-electron chi connectivity index (χ4n) is 3.54. The molecule has 1 fully saturated rings. The van der Waals surface area contributed by atoms with E-state index in [2.05, 4.69) is 10.4 Å². The molecule has 1 aliphatic heterocycles. The molecule has 7 heteroatoms. The Labute approximate surface area is 162 Å². The maximum absolute atomic E-state index is 13.0. The molecule has 1 aromatic carbocycles. The Morgan fingerprint density at radius 3 is 2.59 bits per heavy atom. The van der Waals surface area contributed by atoms with Crippen LogP contribution in [0.1, 0.15) is 50.9 Å². The van der Waals surface area contributed by atoms with Crippen LogP contribution in [0.3, 0.4) is 0 Å². The van der Waals surface area contributed by atoms with Crippen molar-refractivity contribution in [1.29, 1.82) is 0 Å². The van der Waals surface area contributed by atoms with Crippen LogP contribution in [0.5, 0.6) is 5.75 Å². The number of aromatic nitrogens is 1. The zero-order chi connectivity index (χ0) is 19.6. The number of carbonyl (C=O) groups excluding carboxylic acids is 1. The Bertz CT molecular complexity index is 838. The van der Waals surface area contributed by atoms with Gasteiger partial charge in [-0.3, -0.25) is 4.79 Å². The first-order valence-corrected chi connectivity index (χ1v) is 9.90. The fraction of sp³-hybridized carbons (Fsp3) is 0.450. The summed E-state index contributed by atoms with van der Waals surface area (Å²) in [6.45, 7) is 6.69. The average Bonchev–Trinajstić information content (AvgIpc) is 3.06. The highest BCUT2D eigenvalue weighted by molar-refractivity contribution is 7.09. The van der Waals surface area contributed by atoms with E-state index in [4.69, 9.17) is 9.84 Å². The van der Waals surface area contributed by atoms with E-state index in [-0.39, 0.29) is 5.91 Å². The fourth-order valence-corrected chi connectivity index (χ4v) is 4.47. The third kappa shape index (κ3) is 4.47. The van der Waals surface area contributed by atoms with Crippen LogP contribution in [0.25, 0.3) is 0 Å². The molecule has 144 valence electrons. The third-order valence-electron chi connectivity index (χ3n) is 4.74. The molecule has 1 saturated heterocycles. The molecular weight excluding hydrogens is 364 g/mol. The molecular formula is C20H24N2O4S. The first kappa shape index (κ1) is 19.4. The number of aliphatic carboxylic acids is 1. The van der Waals surface area contributed by atoms with Gasteiger partial charge in [0, 0.05) is 35.6 Å². The van der Waals surface area contributed by atoms with Crippen molar-refractivity contribution in [3.8, 4) is 5.75 Å². The maximum Gasteiger partial charge on any atom is 0.341 e. The van der Waals surface area contributed by atoms with E-state index in [0.717, 1.165) is 41.2 Å². The zero-order valence-electron chi connectivity index (χ0n) is 15.8. The minimum Gasteiger partial charge on any atom is -0.481 e. The first-order chi connectivity index (χ1) is 12.8. The van der Waals surface area contributed by atoms with E-state index in [1.165, 1.54) is 0 Å². The summed E-state index contributed by atoms with van der Waals surface area (Å²) in [7, 11) is 0. The van der Waals surface area contributed by atoms with Gasteiger partial charge in [0.15, 0.2) is 6.61 Å². The van der Waals surface area contributed by atoms with Gasteiger partial charge in [-0.15, -0.1) is 11.3 Å². The molecule has 0 spiro atoms. The standard InChI is InChI=1S/C20H24N2O4S/c1-12-7-16(8-13(2)18(12)26-10-17(23)24)20(25)22-6-4-5-15(9-22)19-21-14(3)11-27-19/h7-8,11,15H,4-6,9-10H2,1-3H3,(H,23,24). The second-order valence-corrected chi connectivity index (χ2v) is 7.93. The minimum atomic E-state index is -1.02. The first-order valence-electron chi connectivity index (χ1n) is 9.02. The lowest BCUT2D eigenvalue weighted by Crippen LogP contribution is -2.39. The topological polar surface area (TPSA) is 79.7 Å². The van der Waals surface area contributed by atoms with Crippen molar-refractivity contribution < 1.29 is 19.4 Å². The number of ether oxygens (including phenoxy) is 1. The summed E-state index contributed by atoms with van der Waals surface area (Å²) >= 11 is 1.67. The van der Waals surface area contributed by atoms with Crippen molar-refractivity contribution in [3.63, 3.8) is 0 Å². The smallest absolute Gasteiger partial charge is 0.341 e. The molecule has 0 bridgehead atoms. The Hall–Kier alpha value is -2.41. The molecule has 6 nitrogen and oxygen atoms in total. The van der Waals surface area contributed by atoms with E-state index < -0.39 is 12.6 Å². The van der Waals surface area contributed by atoms with Gasteiger partial charge in [-0.2, -0.15) is 0 Å². The summed E-state index contributed by atoms with van der Waals surface area (Å²) in [5.74, 6) is -0.194. The highest BCUT2D eigenvalue weighted by Crippen LogP contribution is 2.31. The molecule has 1 atom stereocenters. The number of amides is 1. The Morgan fingerprint density at radius 1 is 1.30 bits per heavy atom. The van der Waals surface area contributed by atoms with Crippen molar-refractivity contribution in [3.05, 3.63) is 44.9 Å². The summed E-state index contributed by atoms with van der Waals surface area (Å²) in [5, 5.41) is 12.0. The predicted molar refractivity (Wildman–Crippen MR) is 104 cm³/mol. The molecule has 1 unspecified atom stereocenters. The number of likely N-dealkylation sites (tertiary alicyclic amines) is 1. The van der Waals surface area contributed by atoms with Gasteiger partial charge < -0.3 is 14.7 Å². The van der Waals surface area contributed by atoms with E-state index in [1.54, 1.807) is 23.5 Å². The number of hydrogen-bond acceptors (Lipinski definition) is 5. The molecule has 1 amide bonds. The SMILES string of the molecule is Cc1csc(C2CCCN(C(=O)c3cc(C)c(OCC(=O)O)c(C)c3)C2)n1. The highest BCUT2D eigenvalue weighted by atomic mass is 32.1. The number of nitrogens with zero attached hydrogens (tertiary/aromatic N) is 2. The van der Waals surface area contributed by atoms with Crippen LogP contribution < -0.4 is 4.74 Å². The van der Waals surface area contributed by atoms with Crippen molar-refractivity contribution in [2.24, 2.45) is 0 Å². The minimum absolute atomic E-state index is 0.00367. The number of thiazole rings is 1. The highest BCUT2D eigenvalue weighted by Gasteiger charge is 2.27. The van der Waals surface area contributed by atoms with Crippen LogP contribution in [-0.4, -0.2) is 46.6 Å². The quantitative estimate of drug-likeness (QED) is 0.847. The largest absolute Gasteiger partial charge is 0.481 e. The number of benzene rings is 1. The molecule has 1 aliphatic rings. The molecule has 0 aliphatic carbocycles. The zero-order valence-corrected chi connectivity index (χ0v) is 16.6. The van der Waals surface area contributed by atoms with Crippen molar-refractivity contribution >= 4 is 23.2 Å². The van der Waals surface area contributed by atoms with Crippen LogP contribution in [-0.2, 0) is 4.79 Å². The van der Waals surface area contributed by atoms with Gasteiger partial charge in [0.25, 0.3) is 5.91 Å². The summed E-state index contributed by atoms with van der Waals surface area (Å²) < 4.78 is 5.36. The predicted octanol–water partition coefficient (Wildman–Crippen LogP) is 3.55. The summed E-state index contributed by atoms with van der Waals surface area (Å²) in [5.41, 5.74) is 3.18. The molecule has 27 heavy (non-hydrogen) atoms. The van der Waals surface area contributed by atoms with Crippen LogP contribution in [0.2, 0.25) is 0 Å². The maximum atomic E-state index is 13.0. The Kier molecular flexibility index (Phi) is 5.79. The second kappa shape index (κ2) is 8.08. The van der Waals surface area contributed by atoms with E-state index in [9.17, 15) is 9.59 Å². The monoisotopic (exact) mass is 388 g/mol. The summed E-state index contributed by atoms with van der Waals surface area (Å²) in [4.78, 5) is 30.3. The van der Waals surface area contributed by atoms with Gasteiger partial charge in [0.05, 0.1) is 5.01 Å². The summed E-state index contributed by atoms with van der Waals surface area (Å²) in [6, 6.07) is 3.56. The normalized spacial score (nSPS) is 17.0. The van der Waals surface area contributed by atoms with Crippen LogP contribution in [0.4, 0.5) is 0 Å². The van der Waals surface area contributed by atoms with Gasteiger partial charge in [0.2, 0.25) is 0 Å². The van der Waals surface area contributed by atoms with Gasteiger partial charge in [-0.1, -0.05) is 0 Å². The number of aryl methyl sites for hydroxylation is 3. The van der Waals surface area contributed by atoms with E-state index in [0.29, 0.717) is 23.8 Å². The molecule has 2 heterocycles. The number of hydrogen-bond donors (Lipinski definition) is 1. The Balaban J connectivity index is 1.75. The van der Waals surface area contributed by atoms with Gasteiger partial charge >= 0.3 is 5.97 Å². The molecule has 3 rings (SSSR count). The van der Waals surface area contributed by atoms with Gasteiger partial charge in [0.1, 0.15) is 5.75 Å². The van der Waals surface area contributed by atoms with E-state index in [1.807, 2.05) is 25.7 Å². The number of carbonyl (C=O) groups is 2.